The summed E-state index contributed by atoms with van der Waals surface area (Å²) >= 11 is 5.83. The number of benzene rings is 1. The zero-order valence-corrected chi connectivity index (χ0v) is 11.4. The lowest BCUT2D eigenvalue weighted by molar-refractivity contribution is -0.385. The molecule has 1 unspecified atom stereocenters. The maximum absolute atomic E-state index is 10.9. The Kier molecular flexibility index (Phi) is 5.26. The maximum Gasteiger partial charge on any atom is 0.307 e. The highest BCUT2D eigenvalue weighted by atomic mass is 35.5. The van der Waals surface area contributed by atoms with Crippen molar-refractivity contribution in [2.75, 3.05) is 13.6 Å². The number of nitrogens with zero attached hydrogens (tertiary/aromatic N) is 2. The van der Waals surface area contributed by atoms with Crippen LogP contribution in [0.25, 0.3) is 0 Å². The Bertz CT molecular complexity index is 493. The zero-order valence-electron chi connectivity index (χ0n) is 10.7. The summed E-state index contributed by atoms with van der Waals surface area (Å²) in [6.07, 6.45) is 0. The van der Waals surface area contributed by atoms with Crippen molar-refractivity contribution in [3.63, 3.8) is 0 Å². The van der Waals surface area contributed by atoms with Crippen LogP contribution in [0.4, 0.5) is 5.69 Å². The molecule has 0 fully saturated rings. The van der Waals surface area contributed by atoms with Crippen molar-refractivity contribution < 1.29 is 14.8 Å². The van der Waals surface area contributed by atoms with E-state index in [0.717, 1.165) is 0 Å². The van der Waals surface area contributed by atoms with Crippen LogP contribution in [0.1, 0.15) is 12.5 Å². The molecule has 0 aliphatic rings. The molecule has 0 spiro atoms. The van der Waals surface area contributed by atoms with Crippen LogP contribution in [0.2, 0.25) is 5.02 Å². The topological polar surface area (TPSA) is 83.7 Å². The number of rotatable bonds is 6. The summed E-state index contributed by atoms with van der Waals surface area (Å²) in [5.41, 5.74) is 0.455. The van der Waals surface area contributed by atoms with Gasteiger partial charge in [-0.2, -0.15) is 0 Å². The Hall–Kier alpha value is -1.66. The number of carbonyl (C=O) groups is 1. The van der Waals surface area contributed by atoms with E-state index in [-0.39, 0.29) is 12.2 Å². The number of nitro groups is 1. The first kappa shape index (κ1) is 15.4. The minimum absolute atomic E-state index is 0.0146. The van der Waals surface area contributed by atoms with Crippen molar-refractivity contribution in [1.29, 1.82) is 0 Å². The van der Waals surface area contributed by atoms with E-state index in [9.17, 15) is 14.9 Å². The van der Waals surface area contributed by atoms with E-state index >= 15 is 0 Å². The highest BCUT2D eigenvalue weighted by molar-refractivity contribution is 6.30. The molecule has 0 saturated carbocycles. The molecule has 0 aliphatic carbocycles. The van der Waals surface area contributed by atoms with Gasteiger partial charge in [-0.25, -0.2) is 0 Å². The van der Waals surface area contributed by atoms with E-state index in [2.05, 4.69) is 0 Å². The fourth-order valence-corrected chi connectivity index (χ4v) is 1.95. The molecule has 0 aliphatic heterocycles. The SMILES string of the molecule is CC(CN(C)Cc1cc(Cl)ccc1[N+](=O)[O-])C(=O)O. The summed E-state index contributed by atoms with van der Waals surface area (Å²) in [6.45, 7) is 2.17. The van der Waals surface area contributed by atoms with E-state index in [1.807, 2.05) is 0 Å². The van der Waals surface area contributed by atoms with Crippen LogP contribution < -0.4 is 0 Å². The third kappa shape index (κ3) is 4.50. The maximum atomic E-state index is 10.9. The fourth-order valence-electron chi connectivity index (χ4n) is 1.76. The van der Waals surface area contributed by atoms with Crippen LogP contribution in [-0.2, 0) is 11.3 Å². The molecule has 0 heterocycles. The molecular weight excluding hydrogens is 272 g/mol. The molecule has 0 aromatic heterocycles. The van der Waals surface area contributed by atoms with Gasteiger partial charge in [0.1, 0.15) is 0 Å². The Labute approximate surface area is 115 Å². The number of hydrogen-bond donors (Lipinski definition) is 1. The molecule has 1 rings (SSSR count). The van der Waals surface area contributed by atoms with Gasteiger partial charge in [-0.3, -0.25) is 14.9 Å². The number of carboxylic acid groups (broad SMARTS) is 1. The summed E-state index contributed by atoms with van der Waals surface area (Å²) < 4.78 is 0. The summed E-state index contributed by atoms with van der Waals surface area (Å²) in [4.78, 5) is 22.9. The van der Waals surface area contributed by atoms with Crippen LogP contribution in [-0.4, -0.2) is 34.5 Å². The molecule has 6 nitrogen and oxygen atoms in total. The quantitative estimate of drug-likeness (QED) is 0.641. The van der Waals surface area contributed by atoms with Crippen LogP contribution >= 0.6 is 11.6 Å². The molecule has 0 bridgehead atoms. The smallest absolute Gasteiger partial charge is 0.307 e. The highest BCUT2D eigenvalue weighted by Gasteiger charge is 2.18. The van der Waals surface area contributed by atoms with Crippen molar-refractivity contribution in [3.8, 4) is 0 Å². The molecular formula is C12H15ClN2O4. The molecule has 1 aromatic rings. The van der Waals surface area contributed by atoms with Crippen molar-refractivity contribution in [2.45, 2.75) is 13.5 Å². The lowest BCUT2D eigenvalue weighted by Crippen LogP contribution is -2.28. The van der Waals surface area contributed by atoms with Crippen molar-refractivity contribution in [1.82, 2.24) is 4.90 Å². The third-order valence-corrected chi connectivity index (χ3v) is 2.92. The van der Waals surface area contributed by atoms with E-state index in [1.165, 1.54) is 18.2 Å². The summed E-state index contributed by atoms with van der Waals surface area (Å²) in [7, 11) is 1.71. The van der Waals surface area contributed by atoms with Crippen LogP contribution in [0.3, 0.4) is 0 Å². The second kappa shape index (κ2) is 6.49. The van der Waals surface area contributed by atoms with Gasteiger partial charge in [0.2, 0.25) is 0 Å². The predicted molar refractivity (Wildman–Crippen MR) is 71.2 cm³/mol. The minimum atomic E-state index is -0.896. The average Bonchev–Trinajstić information content (AvgIpc) is 2.27. The Morgan fingerprint density at radius 2 is 2.21 bits per heavy atom. The van der Waals surface area contributed by atoms with Crippen molar-refractivity contribution >= 4 is 23.3 Å². The van der Waals surface area contributed by atoms with Gasteiger partial charge >= 0.3 is 5.97 Å². The highest BCUT2D eigenvalue weighted by Crippen LogP contribution is 2.24. The first-order valence-corrected chi connectivity index (χ1v) is 6.03. The third-order valence-electron chi connectivity index (χ3n) is 2.69. The first-order chi connectivity index (χ1) is 8.81. The molecule has 104 valence electrons. The molecule has 0 saturated heterocycles. The number of aliphatic carboxylic acids is 1. The Morgan fingerprint density at radius 3 is 2.74 bits per heavy atom. The standard InChI is InChI=1S/C12H15ClN2O4/c1-8(12(16)17)6-14(2)7-9-5-10(13)3-4-11(9)15(18)19/h3-5,8H,6-7H2,1-2H3,(H,16,17). The predicted octanol–water partition coefficient (Wildman–Crippen LogP) is 2.40. The summed E-state index contributed by atoms with van der Waals surface area (Å²) in [5, 5.41) is 20.1. The van der Waals surface area contributed by atoms with E-state index < -0.39 is 16.8 Å². The van der Waals surface area contributed by atoms with Gasteiger partial charge in [-0.15, -0.1) is 0 Å². The Balaban J connectivity index is 2.83. The zero-order chi connectivity index (χ0) is 14.6. The Morgan fingerprint density at radius 1 is 1.58 bits per heavy atom. The number of carboxylic acids is 1. The molecule has 1 N–H and O–H groups in total. The molecule has 1 aromatic carbocycles. The summed E-state index contributed by atoms with van der Waals surface area (Å²) in [5.74, 6) is -1.43. The monoisotopic (exact) mass is 286 g/mol. The molecule has 1 atom stereocenters. The lowest BCUT2D eigenvalue weighted by Gasteiger charge is -2.19. The average molecular weight is 287 g/mol. The van der Waals surface area contributed by atoms with Crippen molar-refractivity contribution in [2.24, 2.45) is 5.92 Å². The first-order valence-electron chi connectivity index (χ1n) is 5.65. The van der Waals surface area contributed by atoms with Gasteiger partial charge in [0.25, 0.3) is 5.69 Å². The summed E-state index contributed by atoms with van der Waals surface area (Å²) in [6, 6.07) is 4.34. The van der Waals surface area contributed by atoms with Gasteiger partial charge < -0.3 is 10.0 Å². The number of hydrogen-bond acceptors (Lipinski definition) is 4. The lowest BCUT2D eigenvalue weighted by atomic mass is 10.1. The molecule has 7 heteroatoms. The van der Waals surface area contributed by atoms with Gasteiger partial charge in [0, 0.05) is 29.7 Å². The normalized spacial score (nSPS) is 12.4. The second-order valence-corrected chi connectivity index (χ2v) is 4.90. The largest absolute Gasteiger partial charge is 0.481 e. The van der Waals surface area contributed by atoms with Crippen molar-refractivity contribution in [3.05, 3.63) is 38.9 Å². The molecule has 0 radical (unpaired) electrons. The van der Waals surface area contributed by atoms with E-state index in [0.29, 0.717) is 17.1 Å². The van der Waals surface area contributed by atoms with E-state index in [4.69, 9.17) is 16.7 Å². The van der Waals surface area contributed by atoms with Gasteiger partial charge in [-0.1, -0.05) is 18.5 Å². The minimum Gasteiger partial charge on any atom is -0.481 e. The molecule has 19 heavy (non-hydrogen) atoms. The number of nitro benzene ring substituents is 1. The van der Waals surface area contributed by atoms with Crippen LogP contribution in [0.5, 0.6) is 0 Å². The van der Waals surface area contributed by atoms with Crippen LogP contribution in [0.15, 0.2) is 18.2 Å². The van der Waals surface area contributed by atoms with Gasteiger partial charge in [0.15, 0.2) is 0 Å². The van der Waals surface area contributed by atoms with Gasteiger partial charge in [0.05, 0.1) is 10.8 Å². The fraction of sp³-hybridized carbons (Fsp3) is 0.417. The van der Waals surface area contributed by atoms with Crippen LogP contribution in [0, 0.1) is 16.0 Å². The number of halogens is 1. The van der Waals surface area contributed by atoms with E-state index in [1.54, 1.807) is 18.9 Å². The van der Waals surface area contributed by atoms with Gasteiger partial charge in [-0.05, 0) is 19.2 Å². The second-order valence-electron chi connectivity index (χ2n) is 4.47. The molecule has 0 amide bonds.